The Morgan fingerprint density at radius 1 is 1.14 bits per heavy atom. The smallest absolute Gasteiger partial charge is 0.418 e. The highest BCUT2D eigenvalue weighted by atomic mass is 32.2. The summed E-state index contributed by atoms with van der Waals surface area (Å²) in [5.74, 6) is -4.42. The Morgan fingerprint density at radius 3 is 2.48 bits per heavy atom. The van der Waals surface area contributed by atoms with Gasteiger partial charge < -0.3 is 25.2 Å². The van der Waals surface area contributed by atoms with E-state index >= 15 is 0 Å². The molecule has 1 atom stereocenters. The molecule has 11 nitrogen and oxygen atoms in total. The van der Waals surface area contributed by atoms with Crippen LogP contribution in [0, 0.1) is 5.41 Å². The minimum atomic E-state index is -1.25. The van der Waals surface area contributed by atoms with E-state index in [4.69, 9.17) is 14.6 Å². The molecule has 1 aliphatic rings. The second-order valence-electron chi connectivity index (χ2n) is 6.58. The van der Waals surface area contributed by atoms with Crippen LogP contribution in [0.1, 0.15) is 20.3 Å². The average Bonchev–Trinajstić information content (AvgIpc) is 2.74. The van der Waals surface area contributed by atoms with E-state index in [1.54, 1.807) is 13.8 Å². The highest BCUT2D eigenvalue weighted by molar-refractivity contribution is 8.14. The van der Waals surface area contributed by atoms with Gasteiger partial charge >= 0.3 is 17.9 Å². The maximum Gasteiger partial charge on any atom is 0.418 e. The molecule has 29 heavy (non-hydrogen) atoms. The summed E-state index contributed by atoms with van der Waals surface area (Å²) in [4.78, 5) is 68.3. The van der Waals surface area contributed by atoms with E-state index in [0.29, 0.717) is 0 Å². The Balaban J connectivity index is 2.31. The molecule has 0 spiro atoms. The molecule has 3 N–H and O–H groups in total. The van der Waals surface area contributed by atoms with Crippen LogP contribution in [-0.2, 0) is 38.2 Å². The third-order valence-corrected chi connectivity index (χ3v) is 4.43. The van der Waals surface area contributed by atoms with Crippen LogP contribution in [-0.4, -0.2) is 71.5 Å². The number of cyclic esters (lactones) is 2. The second kappa shape index (κ2) is 11.2. The average molecular weight is 430 g/mol. The first-order valence-corrected chi connectivity index (χ1v) is 9.51. The largest absolute Gasteiger partial charge is 0.478 e. The molecule has 0 radical (unpaired) electrons. The minimum Gasteiger partial charge on any atom is -0.478 e. The number of esters is 2. The van der Waals surface area contributed by atoms with E-state index in [-0.39, 0.29) is 37.8 Å². The molecular formula is C17H22N2O9S. The minimum absolute atomic E-state index is 0.0307. The van der Waals surface area contributed by atoms with Crippen molar-refractivity contribution >= 4 is 46.6 Å². The van der Waals surface area contributed by atoms with Gasteiger partial charge in [0, 0.05) is 36.8 Å². The van der Waals surface area contributed by atoms with Crippen LogP contribution < -0.4 is 10.6 Å². The molecule has 1 saturated heterocycles. The zero-order chi connectivity index (χ0) is 22.0. The van der Waals surface area contributed by atoms with Gasteiger partial charge in [-0.3, -0.25) is 14.4 Å². The number of carboxylic acid groups (broad SMARTS) is 1. The molecule has 0 aromatic rings. The van der Waals surface area contributed by atoms with Gasteiger partial charge in [0.2, 0.25) is 11.0 Å². The van der Waals surface area contributed by atoms with Crippen LogP contribution in [0.15, 0.2) is 12.2 Å². The zero-order valence-corrected chi connectivity index (χ0v) is 16.7. The van der Waals surface area contributed by atoms with Gasteiger partial charge in [-0.2, -0.15) is 0 Å². The van der Waals surface area contributed by atoms with Gasteiger partial charge in [0.1, 0.15) is 6.61 Å². The van der Waals surface area contributed by atoms with Crippen molar-refractivity contribution < 1.29 is 43.3 Å². The SMILES string of the molecule is CC1(C)COC(=O)C(=O)O[C@H]1C(=O)NCCC(=O)NCCSC(=O)/C=C/C(=O)O. The number of aliphatic carboxylic acids is 1. The normalized spacial score (nSPS) is 18.3. The fourth-order valence-electron chi connectivity index (χ4n) is 2.12. The van der Waals surface area contributed by atoms with E-state index < -0.39 is 40.4 Å². The number of rotatable bonds is 9. The molecule has 0 bridgehead atoms. The lowest BCUT2D eigenvalue weighted by Gasteiger charge is -2.28. The van der Waals surface area contributed by atoms with Gasteiger partial charge in [0.15, 0.2) is 6.10 Å². The molecule has 0 aromatic heterocycles. The van der Waals surface area contributed by atoms with Gasteiger partial charge in [0.05, 0.1) is 0 Å². The van der Waals surface area contributed by atoms with Crippen molar-refractivity contribution in [2.75, 3.05) is 25.4 Å². The standard InChI is InChI=1S/C17H22N2O9S/c1-17(2)9-27-15(25)16(26)28-13(17)14(24)19-6-5-10(20)18-7-8-29-12(23)4-3-11(21)22/h3-4,13H,5-9H2,1-2H3,(H,18,20)(H,19,24)(H,21,22)/b4-3+/t13-/m0/s1. The molecule has 1 aliphatic heterocycles. The predicted octanol–water partition coefficient (Wildman–Crippen LogP) is -0.996. The topological polar surface area (TPSA) is 165 Å². The Bertz CT molecular complexity index is 718. The number of hydrogen-bond donors (Lipinski definition) is 3. The van der Waals surface area contributed by atoms with E-state index in [2.05, 4.69) is 10.6 Å². The zero-order valence-electron chi connectivity index (χ0n) is 15.9. The number of carbonyl (C=O) groups excluding carboxylic acids is 5. The van der Waals surface area contributed by atoms with Gasteiger partial charge in [-0.25, -0.2) is 14.4 Å². The van der Waals surface area contributed by atoms with Crippen molar-refractivity contribution in [3.05, 3.63) is 12.2 Å². The third-order valence-electron chi connectivity index (χ3n) is 3.60. The Kier molecular flexibility index (Phi) is 9.32. The third kappa shape index (κ3) is 8.77. The highest BCUT2D eigenvalue weighted by Crippen LogP contribution is 2.27. The van der Waals surface area contributed by atoms with Crippen molar-refractivity contribution in [1.29, 1.82) is 0 Å². The molecule has 0 unspecified atom stereocenters. The number of thioether (sulfide) groups is 1. The number of ether oxygens (including phenoxy) is 2. The van der Waals surface area contributed by atoms with Crippen molar-refractivity contribution in [3.63, 3.8) is 0 Å². The first kappa shape index (κ1) is 24.1. The maximum absolute atomic E-state index is 12.3. The van der Waals surface area contributed by atoms with E-state index in [9.17, 15) is 28.8 Å². The van der Waals surface area contributed by atoms with Crippen LogP contribution >= 0.6 is 11.8 Å². The monoisotopic (exact) mass is 430 g/mol. The van der Waals surface area contributed by atoms with Gasteiger partial charge in [-0.05, 0) is 6.08 Å². The van der Waals surface area contributed by atoms with E-state index in [1.807, 2.05) is 0 Å². The van der Waals surface area contributed by atoms with Crippen molar-refractivity contribution in [1.82, 2.24) is 10.6 Å². The molecule has 1 fully saturated rings. The quantitative estimate of drug-likeness (QED) is 0.179. The number of nitrogens with one attached hydrogen (secondary N) is 2. The van der Waals surface area contributed by atoms with E-state index in [1.165, 1.54) is 0 Å². The molecule has 160 valence electrons. The maximum atomic E-state index is 12.3. The lowest BCUT2D eigenvalue weighted by Crippen LogP contribution is -2.47. The summed E-state index contributed by atoms with van der Waals surface area (Å²) in [7, 11) is 0. The van der Waals surface area contributed by atoms with Crippen LogP contribution in [0.3, 0.4) is 0 Å². The Hall–Kier alpha value is -2.89. The summed E-state index contributed by atoms with van der Waals surface area (Å²) in [6.45, 7) is 3.17. The summed E-state index contributed by atoms with van der Waals surface area (Å²) in [6, 6.07) is 0. The van der Waals surface area contributed by atoms with Gasteiger partial charge in [-0.15, -0.1) is 0 Å². The number of carboxylic acids is 1. The van der Waals surface area contributed by atoms with Crippen molar-refractivity contribution in [3.8, 4) is 0 Å². The fraction of sp³-hybridized carbons (Fsp3) is 0.529. The summed E-state index contributed by atoms with van der Waals surface area (Å²) in [5, 5.41) is 13.0. The number of carbonyl (C=O) groups is 6. The van der Waals surface area contributed by atoms with Crippen LogP contribution in [0.4, 0.5) is 0 Å². The van der Waals surface area contributed by atoms with Crippen molar-refractivity contribution in [2.24, 2.45) is 5.41 Å². The number of hydrogen-bond acceptors (Lipinski definition) is 9. The van der Waals surface area contributed by atoms with Crippen LogP contribution in [0.25, 0.3) is 0 Å². The Morgan fingerprint density at radius 2 is 1.83 bits per heavy atom. The molecule has 0 aliphatic carbocycles. The molecule has 12 heteroatoms. The lowest BCUT2D eigenvalue weighted by atomic mass is 9.87. The molecule has 1 rings (SSSR count). The Labute approximate surface area is 170 Å². The lowest BCUT2D eigenvalue weighted by molar-refractivity contribution is -0.168. The molecular weight excluding hydrogens is 408 g/mol. The summed E-state index contributed by atoms with van der Waals surface area (Å²) < 4.78 is 9.63. The number of amides is 2. The van der Waals surface area contributed by atoms with Crippen LogP contribution in [0.2, 0.25) is 0 Å². The summed E-state index contributed by atoms with van der Waals surface area (Å²) in [5.41, 5.74) is -0.937. The van der Waals surface area contributed by atoms with Crippen LogP contribution in [0.5, 0.6) is 0 Å². The van der Waals surface area contributed by atoms with Gasteiger partial charge in [-0.1, -0.05) is 25.6 Å². The fourth-order valence-corrected chi connectivity index (χ4v) is 2.69. The van der Waals surface area contributed by atoms with Gasteiger partial charge in [0.25, 0.3) is 5.91 Å². The van der Waals surface area contributed by atoms with E-state index in [0.717, 1.165) is 23.9 Å². The summed E-state index contributed by atoms with van der Waals surface area (Å²) in [6.07, 6.45) is 0.349. The first-order valence-electron chi connectivity index (χ1n) is 8.53. The highest BCUT2D eigenvalue weighted by Gasteiger charge is 2.44. The summed E-state index contributed by atoms with van der Waals surface area (Å²) >= 11 is 0.849. The first-order chi connectivity index (χ1) is 13.5. The second-order valence-corrected chi connectivity index (χ2v) is 7.68. The molecule has 1 heterocycles. The molecule has 0 aromatic carbocycles. The van der Waals surface area contributed by atoms with Crippen molar-refractivity contribution in [2.45, 2.75) is 26.4 Å². The molecule has 2 amide bonds. The molecule has 0 saturated carbocycles. The predicted molar refractivity (Wildman–Crippen MR) is 99.5 cm³/mol.